The molecular weight excluding hydrogens is 316 g/mol. The number of carbonyl (C=O) groups is 1. The minimum atomic E-state index is -0.0717. The van der Waals surface area contributed by atoms with Crippen molar-refractivity contribution >= 4 is 18.3 Å². The Morgan fingerprint density at radius 3 is 2.91 bits per heavy atom. The van der Waals surface area contributed by atoms with E-state index in [0.29, 0.717) is 43.6 Å². The molecule has 1 amide bonds. The van der Waals surface area contributed by atoms with Crippen molar-refractivity contribution in [1.82, 2.24) is 10.6 Å². The minimum Gasteiger partial charge on any atom is -0.490 e. The highest BCUT2D eigenvalue weighted by Crippen LogP contribution is 2.18. The van der Waals surface area contributed by atoms with Crippen LogP contribution in [-0.4, -0.2) is 45.4 Å². The molecule has 1 unspecified atom stereocenters. The van der Waals surface area contributed by atoms with Crippen molar-refractivity contribution in [2.45, 2.75) is 19.8 Å². The zero-order valence-electron chi connectivity index (χ0n) is 13.7. The number of amides is 1. The van der Waals surface area contributed by atoms with Crippen molar-refractivity contribution in [3.63, 3.8) is 0 Å². The standard InChI is InChI=1S/C17H26N2O3.ClH/c1-2-21-10-11-22-16-8-4-3-7-15(16)17(20)19-13-14-6-5-9-18-12-14;/h3-4,7-8,14,18H,2,5-6,9-13H2,1H3,(H,19,20);1H. The molecule has 5 nitrogen and oxygen atoms in total. The molecule has 0 aliphatic carbocycles. The van der Waals surface area contributed by atoms with Gasteiger partial charge in [-0.3, -0.25) is 4.79 Å². The monoisotopic (exact) mass is 342 g/mol. The van der Waals surface area contributed by atoms with Gasteiger partial charge in [-0.05, 0) is 50.9 Å². The molecule has 1 aromatic carbocycles. The quantitative estimate of drug-likeness (QED) is 0.711. The third kappa shape index (κ3) is 6.77. The van der Waals surface area contributed by atoms with Crippen LogP contribution >= 0.6 is 12.4 Å². The topological polar surface area (TPSA) is 59.6 Å². The van der Waals surface area contributed by atoms with E-state index < -0.39 is 0 Å². The molecule has 1 heterocycles. The van der Waals surface area contributed by atoms with Crippen molar-refractivity contribution in [3.8, 4) is 5.75 Å². The lowest BCUT2D eigenvalue weighted by atomic mass is 9.99. The van der Waals surface area contributed by atoms with Crippen LogP contribution in [0.25, 0.3) is 0 Å². The van der Waals surface area contributed by atoms with E-state index in [4.69, 9.17) is 9.47 Å². The van der Waals surface area contributed by atoms with Gasteiger partial charge >= 0.3 is 0 Å². The van der Waals surface area contributed by atoms with E-state index in [1.165, 1.54) is 12.8 Å². The van der Waals surface area contributed by atoms with Crippen LogP contribution in [0.15, 0.2) is 24.3 Å². The maximum atomic E-state index is 12.4. The van der Waals surface area contributed by atoms with Crippen LogP contribution in [0, 0.1) is 5.92 Å². The fourth-order valence-corrected chi connectivity index (χ4v) is 2.57. The molecule has 2 N–H and O–H groups in total. The van der Waals surface area contributed by atoms with Gasteiger partial charge in [0.1, 0.15) is 12.4 Å². The Morgan fingerprint density at radius 1 is 1.35 bits per heavy atom. The highest BCUT2D eigenvalue weighted by Gasteiger charge is 2.16. The number of rotatable bonds is 8. The van der Waals surface area contributed by atoms with E-state index in [1.807, 2.05) is 25.1 Å². The predicted molar refractivity (Wildman–Crippen MR) is 93.6 cm³/mol. The molecule has 130 valence electrons. The molecule has 0 spiro atoms. The van der Waals surface area contributed by atoms with Gasteiger partial charge in [0, 0.05) is 13.2 Å². The molecule has 1 aliphatic heterocycles. The van der Waals surface area contributed by atoms with E-state index in [9.17, 15) is 4.79 Å². The lowest BCUT2D eigenvalue weighted by molar-refractivity contribution is 0.0928. The van der Waals surface area contributed by atoms with Crippen LogP contribution in [0.1, 0.15) is 30.1 Å². The van der Waals surface area contributed by atoms with Crippen LogP contribution in [0.5, 0.6) is 5.75 Å². The third-order valence-corrected chi connectivity index (χ3v) is 3.77. The highest BCUT2D eigenvalue weighted by molar-refractivity contribution is 5.96. The Morgan fingerprint density at radius 2 is 2.17 bits per heavy atom. The van der Waals surface area contributed by atoms with E-state index in [0.717, 1.165) is 13.1 Å². The summed E-state index contributed by atoms with van der Waals surface area (Å²) in [5.74, 6) is 1.06. The van der Waals surface area contributed by atoms with Gasteiger partial charge in [0.05, 0.1) is 12.2 Å². The summed E-state index contributed by atoms with van der Waals surface area (Å²) in [6.07, 6.45) is 2.34. The summed E-state index contributed by atoms with van der Waals surface area (Å²) >= 11 is 0. The van der Waals surface area contributed by atoms with E-state index in [-0.39, 0.29) is 18.3 Å². The summed E-state index contributed by atoms with van der Waals surface area (Å²) < 4.78 is 10.9. The van der Waals surface area contributed by atoms with Crippen LogP contribution in [-0.2, 0) is 4.74 Å². The summed E-state index contributed by atoms with van der Waals surface area (Å²) in [7, 11) is 0. The lowest BCUT2D eigenvalue weighted by Gasteiger charge is -2.23. The van der Waals surface area contributed by atoms with Crippen LogP contribution in [0.4, 0.5) is 0 Å². The fourth-order valence-electron chi connectivity index (χ4n) is 2.57. The number of nitrogens with one attached hydrogen (secondary N) is 2. The Balaban J connectivity index is 0.00000264. The number of carbonyl (C=O) groups excluding carboxylic acids is 1. The van der Waals surface area contributed by atoms with Crippen molar-refractivity contribution in [3.05, 3.63) is 29.8 Å². The molecule has 1 aliphatic rings. The molecule has 0 bridgehead atoms. The zero-order chi connectivity index (χ0) is 15.6. The maximum Gasteiger partial charge on any atom is 0.255 e. The van der Waals surface area contributed by atoms with Crippen molar-refractivity contribution in [2.75, 3.05) is 39.5 Å². The minimum absolute atomic E-state index is 0. The summed E-state index contributed by atoms with van der Waals surface area (Å²) in [6.45, 7) is 6.36. The largest absolute Gasteiger partial charge is 0.490 e. The number of halogens is 1. The molecule has 0 radical (unpaired) electrons. The van der Waals surface area contributed by atoms with E-state index in [1.54, 1.807) is 6.07 Å². The fraction of sp³-hybridized carbons (Fsp3) is 0.588. The second kappa shape index (κ2) is 11.3. The second-order valence-corrected chi connectivity index (χ2v) is 5.46. The Hall–Kier alpha value is -1.30. The van der Waals surface area contributed by atoms with Crippen molar-refractivity contribution in [2.24, 2.45) is 5.92 Å². The lowest BCUT2D eigenvalue weighted by Crippen LogP contribution is -2.38. The smallest absolute Gasteiger partial charge is 0.255 e. The number of ether oxygens (including phenoxy) is 2. The Kier molecular flexibility index (Phi) is 9.67. The van der Waals surface area contributed by atoms with Gasteiger partial charge in [-0.2, -0.15) is 0 Å². The first-order valence-corrected chi connectivity index (χ1v) is 8.09. The summed E-state index contributed by atoms with van der Waals surface area (Å²) in [4.78, 5) is 12.4. The van der Waals surface area contributed by atoms with Crippen molar-refractivity contribution < 1.29 is 14.3 Å². The van der Waals surface area contributed by atoms with Gasteiger partial charge in [0.25, 0.3) is 5.91 Å². The molecule has 1 saturated heterocycles. The number of para-hydroxylation sites is 1. The van der Waals surface area contributed by atoms with Gasteiger partial charge in [-0.25, -0.2) is 0 Å². The molecule has 1 atom stereocenters. The zero-order valence-corrected chi connectivity index (χ0v) is 14.5. The van der Waals surface area contributed by atoms with Gasteiger partial charge in [0.2, 0.25) is 0 Å². The van der Waals surface area contributed by atoms with Gasteiger partial charge in [0.15, 0.2) is 0 Å². The first kappa shape index (κ1) is 19.7. The van der Waals surface area contributed by atoms with Crippen LogP contribution < -0.4 is 15.4 Å². The SMILES string of the molecule is CCOCCOc1ccccc1C(=O)NCC1CCCNC1.Cl. The normalized spacial score (nSPS) is 17.2. The molecule has 0 saturated carbocycles. The maximum absolute atomic E-state index is 12.4. The molecule has 0 aromatic heterocycles. The van der Waals surface area contributed by atoms with E-state index in [2.05, 4.69) is 10.6 Å². The first-order valence-electron chi connectivity index (χ1n) is 8.09. The average Bonchev–Trinajstić information content (AvgIpc) is 2.58. The Bertz CT molecular complexity index is 465. The number of hydrogen-bond donors (Lipinski definition) is 2. The van der Waals surface area contributed by atoms with Gasteiger partial charge < -0.3 is 20.1 Å². The van der Waals surface area contributed by atoms with Crippen LogP contribution in [0.3, 0.4) is 0 Å². The van der Waals surface area contributed by atoms with E-state index >= 15 is 0 Å². The Labute approximate surface area is 144 Å². The molecule has 2 rings (SSSR count). The summed E-state index contributed by atoms with van der Waals surface area (Å²) in [6, 6.07) is 7.35. The predicted octanol–water partition coefficient (Wildman–Crippen LogP) is 2.25. The number of benzene rings is 1. The highest BCUT2D eigenvalue weighted by atomic mass is 35.5. The number of piperidine rings is 1. The molecule has 6 heteroatoms. The van der Waals surface area contributed by atoms with Crippen molar-refractivity contribution in [1.29, 1.82) is 0 Å². The first-order chi connectivity index (χ1) is 10.8. The van der Waals surface area contributed by atoms with Gasteiger partial charge in [-0.15, -0.1) is 12.4 Å². The average molecular weight is 343 g/mol. The second-order valence-electron chi connectivity index (χ2n) is 5.46. The molecular formula is C17H27ClN2O3. The molecule has 23 heavy (non-hydrogen) atoms. The summed E-state index contributed by atoms with van der Waals surface area (Å²) in [5.41, 5.74) is 0.586. The van der Waals surface area contributed by atoms with Gasteiger partial charge in [-0.1, -0.05) is 12.1 Å². The van der Waals surface area contributed by atoms with Crippen LogP contribution in [0.2, 0.25) is 0 Å². The third-order valence-electron chi connectivity index (χ3n) is 3.77. The summed E-state index contributed by atoms with van der Waals surface area (Å²) in [5, 5.41) is 6.38. The number of hydrogen-bond acceptors (Lipinski definition) is 4. The molecule has 1 aromatic rings. The molecule has 1 fully saturated rings.